The molecule has 19 heavy (non-hydrogen) atoms. The van der Waals surface area contributed by atoms with Gasteiger partial charge < -0.3 is 5.32 Å². The van der Waals surface area contributed by atoms with Crippen molar-refractivity contribution in [2.75, 3.05) is 6.54 Å². The van der Waals surface area contributed by atoms with Crippen LogP contribution < -0.4 is 5.32 Å². The lowest BCUT2D eigenvalue weighted by molar-refractivity contribution is -0.120. The van der Waals surface area contributed by atoms with Gasteiger partial charge in [-0.2, -0.15) is 0 Å². The fourth-order valence-corrected chi connectivity index (χ4v) is 2.91. The fraction of sp³-hybridized carbons (Fsp3) is 0.500. The van der Waals surface area contributed by atoms with Crippen LogP contribution in [0, 0.1) is 6.92 Å². The third-order valence-corrected chi connectivity index (χ3v) is 4.97. The van der Waals surface area contributed by atoms with Crippen LogP contribution in [0.15, 0.2) is 24.3 Å². The van der Waals surface area contributed by atoms with E-state index in [1.807, 2.05) is 26.0 Å². The Balaban J connectivity index is 2.75. The normalized spacial score (nSPS) is 13.0. The summed E-state index contributed by atoms with van der Waals surface area (Å²) in [5, 5.41) is 1.60. The molecule has 0 heterocycles. The molecule has 0 aliphatic carbocycles. The van der Waals surface area contributed by atoms with E-state index >= 15 is 0 Å². The van der Waals surface area contributed by atoms with Gasteiger partial charge in [0, 0.05) is 6.54 Å². The number of sulfone groups is 1. The number of benzene rings is 1. The Labute approximate surface area is 115 Å². The van der Waals surface area contributed by atoms with Crippen LogP contribution in [-0.2, 0) is 20.4 Å². The van der Waals surface area contributed by atoms with Crippen molar-refractivity contribution in [3.63, 3.8) is 0 Å². The quantitative estimate of drug-likeness (QED) is 0.866. The Hall–Kier alpha value is -1.36. The number of rotatable bonds is 6. The second-order valence-corrected chi connectivity index (χ2v) is 7.05. The number of nitrogens with one attached hydrogen (secondary N) is 1. The van der Waals surface area contributed by atoms with Crippen LogP contribution in [0.4, 0.5) is 0 Å². The van der Waals surface area contributed by atoms with Gasteiger partial charge in [0.25, 0.3) is 0 Å². The summed E-state index contributed by atoms with van der Waals surface area (Å²) in [4.78, 5) is 11.7. The van der Waals surface area contributed by atoms with E-state index in [4.69, 9.17) is 0 Å². The molecule has 106 valence electrons. The molecule has 0 fully saturated rings. The van der Waals surface area contributed by atoms with Crippen molar-refractivity contribution in [1.29, 1.82) is 0 Å². The van der Waals surface area contributed by atoms with Crippen LogP contribution in [-0.4, -0.2) is 26.1 Å². The highest BCUT2D eigenvalue weighted by molar-refractivity contribution is 7.92. The van der Waals surface area contributed by atoms with Gasteiger partial charge in [-0.3, -0.25) is 4.79 Å². The highest BCUT2D eigenvalue weighted by Crippen LogP contribution is 2.12. The molecule has 0 bridgehead atoms. The van der Waals surface area contributed by atoms with Crippen molar-refractivity contribution in [3.8, 4) is 0 Å². The molecule has 1 atom stereocenters. The first kappa shape index (κ1) is 15.7. The molecule has 0 spiro atoms. The van der Waals surface area contributed by atoms with Crippen LogP contribution in [0.25, 0.3) is 0 Å². The SMILES string of the molecule is CCCNC(=O)[C@@H](C)S(=O)(=O)Cc1ccc(C)cc1. The molecule has 0 saturated carbocycles. The van der Waals surface area contributed by atoms with Gasteiger partial charge in [0.05, 0.1) is 5.75 Å². The summed E-state index contributed by atoms with van der Waals surface area (Å²) >= 11 is 0. The maximum Gasteiger partial charge on any atom is 0.238 e. The molecule has 1 aromatic rings. The van der Waals surface area contributed by atoms with Crippen molar-refractivity contribution in [1.82, 2.24) is 5.32 Å². The fourth-order valence-electron chi connectivity index (χ4n) is 1.60. The van der Waals surface area contributed by atoms with Gasteiger partial charge in [-0.1, -0.05) is 36.8 Å². The number of aryl methyl sites for hydroxylation is 1. The molecule has 0 aliphatic heterocycles. The first-order valence-electron chi connectivity index (χ1n) is 6.41. The third-order valence-electron chi connectivity index (χ3n) is 2.95. The lowest BCUT2D eigenvalue weighted by atomic mass is 10.2. The molecule has 1 amide bonds. The zero-order chi connectivity index (χ0) is 14.5. The third kappa shape index (κ3) is 4.67. The average molecular weight is 283 g/mol. The van der Waals surface area contributed by atoms with E-state index in [9.17, 15) is 13.2 Å². The van der Waals surface area contributed by atoms with Crippen LogP contribution in [0.2, 0.25) is 0 Å². The van der Waals surface area contributed by atoms with Crippen molar-refractivity contribution in [3.05, 3.63) is 35.4 Å². The summed E-state index contributed by atoms with van der Waals surface area (Å²) in [6.07, 6.45) is 0.788. The van der Waals surface area contributed by atoms with E-state index in [2.05, 4.69) is 5.32 Å². The Morgan fingerprint density at radius 3 is 2.37 bits per heavy atom. The molecule has 0 aromatic heterocycles. The number of hydrogen-bond donors (Lipinski definition) is 1. The van der Waals surface area contributed by atoms with Gasteiger partial charge in [-0.15, -0.1) is 0 Å². The number of amides is 1. The first-order chi connectivity index (χ1) is 8.86. The number of carbonyl (C=O) groups is 1. The smallest absolute Gasteiger partial charge is 0.238 e. The lowest BCUT2D eigenvalue weighted by Gasteiger charge is -2.13. The second kappa shape index (κ2) is 6.70. The standard InChI is InChI=1S/C14H21NO3S/c1-4-9-15-14(16)12(3)19(17,18)10-13-7-5-11(2)6-8-13/h5-8,12H,4,9-10H2,1-3H3,(H,15,16)/t12-/m1/s1. The molecule has 5 heteroatoms. The second-order valence-electron chi connectivity index (χ2n) is 4.73. The zero-order valence-corrected chi connectivity index (χ0v) is 12.5. The van der Waals surface area contributed by atoms with E-state index in [0.29, 0.717) is 12.1 Å². The minimum absolute atomic E-state index is 0.103. The Kier molecular flexibility index (Phi) is 5.54. The van der Waals surface area contributed by atoms with Crippen LogP contribution >= 0.6 is 0 Å². The maximum absolute atomic E-state index is 12.1. The maximum atomic E-state index is 12.1. The molecular weight excluding hydrogens is 262 g/mol. The van der Waals surface area contributed by atoms with Crippen LogP contribution in [0.3, 0.4) is 0 Å². The molecule has 0 radical (unpaired) electrons. The summed E-state index contributed by atoms with van der Waals surface area (Å²) in [5.74, 6) is -0.525. The monoisotopic (exact) mass is 283 g/mol. The summed E-state index contributed by atoms with van der Waals surface area (Å²) < 4.78 is 24.3. The lowest BCUT2D eigenvalue weighted by Crippen LogP contribution is -2.38. The van der Waals surface area contributed by atoms with Crippen molar-refractivity contribution in [2.45, 2.75) is 38.2 Å². The predicted octanol–water partition coefficient (Wildman–Crippen LogP) is 1.82. The van der Waals surface area contributed by atoms with Gasteiger partial charge in [0.2, 0.25) is 5.91 Å². The Morgan fingerprint density at radius 2 is 1.84 bits per heavy atom. The largest absolute Gasteiger partial charge is 0.355 e. The minimum atomic E-state index is -3.47. The summed E-state index contributed by atoms with van der Waals surface area (Å²) in [7, 11) is -3.47. The zero-order valence-electron chi connectivity index (χ0n) is 11.6. The molecule has 0 aliphatic rings. The summed E-state index contributed by atoms with van der Waals surface area (Å²) in [6, 6.07) is 7.30. The van der Waals surface area contributed by atoms with E-state index in [1.165, 1.54) is 6.92 Å². The van der Waals surface area contributed by atoms with E-state index < -0.39 is 21.0 Å². The van der Waals surface area contributed by atoms with E-state index in [1.54, 1.807) is 12.1 Å². The van der Waals surface area contributed by atoms with E-state index in [0.717, 1.165) is 12.0 Å². The van der Waals surface area contributed by atoms with Gasteiger partial charge in [0.15, 0.2) is 9.84 Å². The molecule has 0 unspecified atom stereocenters. The number of carbonyl (C=O) groups excluding carboxylic acids is 1. The molecule has 1 rings (SSSR count). The first-order valence-corrected chi connectivity index (χ1v) is 8.13. The molecule has 4 nitrogen and oxygen atoms in total. The van der Waals surface area contributed by atoms with Gasteiger partial charge >= 0.3 is 0 Å². The predicted molar refractivity (Wildman–Crippen MR) is 76.6 cm³/mol. The average Bonchev–Trinajstić information content (AvgIpc) is 2.37. The Bertz CT molecular complexity index is 520. The van der Waals surface area contributed by atoms with Crippen molar-refractivity contribution >= 4 is 15.7 Å². The molecule has 1 N–H and O–H groups in total. The topological polar surface area (TPSA) is 63.2 Å². The summed E-state index contributed by atoms with van der Waals surface area (Å²) in [6.45, 7) is 5.81. The minimum Gasteiger partial charge on any atom is -0.355 e. The van der Waals surface area contributed by atoms with Crippen molar-refractivity contribution < 1.29 is 13.2 Å². The van der Waals surface area contributed by atoms with Gasteiger partial charge in [-0.25, -0.2) is 8.42 Å². The highest BCUT2D eigenvalue weighted by atomic mass is 32.2. The van der Waals surface area contributed by atoms with Crippen molar-refractivity contribution in [2.24, 2.45) is 0 Å². The van der Waals surface area contributed by atoms with Gasteiger partial charge in [0.1, 0.15) is 5.25 Å². The molecular formula is C14H21NO3S. The van der Waals surface area contributed by atoms with Crippen LogP contribution in [0.5, 0.6) is 0 Å². The van der Waals surface area contributed by atoms with Gasteiger partial charge in [-0.05, 0) is 25.8 Å². The molecule has 1 aromatic carbocycles. The summed E-state index contributed by atoms with van der Waals surface area (Å²) in [5.41, 5.74) is 1.79. The van der Waals surface area contributed by atoms with Crippen LogP contribution in [0.1, 0.15) is 31.4 Å². The highest BCUT2D eigenvalue weighted by Gasteiger charge is 2.27. The van der Waals surface area contributed by atoms with E-state index in [-0.39, 0.29) is 5.75 Å². The Morgan fingerprint density at radius 1 is 1.26 bits per heavy atom. The molecule has 0 saturated heterocycles. The number of hydrogen-bond acceptors (Lipinski definition) is 3.